The molecule has 32 heavy (non-hydrogen) atoms. The van der Waals surface area contributed by atoms with Gasteiger partial charge in [0.2, 0.25) is 5.91 Å². The van der Waals surface area contributed by atoms with Gasteiger partial charge >= 0.3 is 0 Å². The number of carbonyl (C=O) groups excluding carboxylic acids is 2. The minimum atomic E-state index is -0.291. The molecule has 0 unspecified atom stereocenters. The fourth-order valence-electron chi connectivity index (χ4n) is 3.41. The molecule has 0 saturated carbocycles. The van der Waals surface area contributed by atoms with Crippen LogP contribution in [0.25, 0.3) is 27.8 Å². The monoisotopic (exact) mass is 430 g/mol. The second-order valence-corrected chi connectivity index (χ2v) is 7.03. The van der Waals surface area contributed by atoms with Crippen LogP contribution in [0.15, 0.2) is 61.6 Å². The van der Waals surface area contributed by atoms with Crippen molar-refractivity contribution in [2.24, 2.45) is 0 Å². The molecule has 3 heterocycles. The molecule has 1 aromatic carbocycles. The molecule has 0 fully saturated rings. The van der Waals surface area contributed by atoms with Gasteiger partial charge in [0, 0.05) is 30.6 Å². The van der Waals surface area contributed by atoms with Gasteiger partial charge in [-0.2, -0.15) is 10.2 Å². The van der Waals surface area contributed by atoms with E-state index >= 15 is 0 Å². The first-order chi connectivity index (χ1) is 15.6. The predicted molar refractivity (Wildman–Crippen MR) is 119 cm³/mol. The van der Waals surface area contributed by atoms with E-state index in [0.29, 0.717) is 30.1 Å². The maximum Gasteiger partial charge on any atom is 0.243 e. The maximum atomic E-state index is 11.8. The van der Waals surface area contributed by atoms with Crippen LogP contribution >= 0.6 is 0 Å². The first-order valence-electron chi connectivity index (χ1n) is 9.99. The lowest BCUT2D eigenvalue weighted by Crippen LogP contribution is -2.20. The zero-order valence-corrected chi connectivity index (χ0v) is 17.6. The van der Waals surface area contributed by atoms with E-state index in [-0.39, 0.29) is 12.5 Å². The van der Waals surface area contributed by atoms with Crippen LogP contribution in [0, 0.1) is 0 Å². The van der Waals surface area contributed by atoms with Crippen LogP contribution in [0.4, 0.5) is 0 Å². The van der Waals surface area contributed by atoms with Crippen molar-refractivity contribution in [3.63, 3.8) is 0 Å². The van der Waals surface area contributed by atoms with Gasteiger partial charge in [-0.1, -0.05) is 6.58 Å². The van der Waals surface area contributed by atoms with Crippen LogP contribution in [-0.2, 0) is 22.6 Å². The Morgan fingerprint density at radius 1 is 1.25 bits per heavy atom. The van der Waals surface area contributed by atoms with Crippen molar-refractivity contribution in [2.45, 2.75) is 13.1 Å². The van der Waals surface area contributed by atoms with Gasteiger partial charge in [0.1, 0.15) is 6.29 Å². The Labute approximate surface area is 184 Å². The quantitative estimate of drug-likeness (QED) is 0.323. The van der Waals surface area contributed by atoms with Crippen LogP contribution in [0.3, 0.4) is 0 Å². The average molecular weight is 430 g/mol. The molecule has 9 nitrogen and oxygen atoms in total. The normalized spacial score (nSPS) is 10.9. The SMILES string of the molecule is C=CC(=O)NCc1nn(-c2ccc(C=O)cc2)c2nccc(-c3cnn(CCOC)c3)c12. The Bertz CT molecular complexity index is 1270. The van der Waals surface area contributed by atoms with Gasteiger partial charge in [-0.3, -0.25) is 14.3 Å². The van der Waals surface area contributed by atoms with E-state index in [1.54, 1.807) is 48.5 Å². The molecule has 0 radical (unpaired) electrons. The van der Waals surface area contributed by atoms with E-state index in [2.05, 4.69) is 22.0 Å². The van der Waals surface area contributed by atoms with Crippen molar-refractivity contribution in [2.75, 3.05) is 13.7 Å². The highest BCUT2D eigenvalue weighted by Gasteiger charge is 2.19. The summed E-state index contributed by atoms with van der Waals surface area (Å²) in [5.74, 6) is -0.291. The second-order valence-electron chi connectivity index (χ2n) is 7.03. The number of ether oxygens (including phenoxy) is 1. The van der Waals surface area contributed by atoms with Gasteiger partial charge in [0.05, 0.1) is 42.7 Å². The molecule has 0 atom stereocenters. The number of fused-ring (bicyclic) bond motifs is 1. The molecule has 0 spiro atoms. The number of hydrogen-bond acceptors (Lipinski definition) is 6. The number of nitrogens with one attached hydrogen (secondary N) is 1. The topological polar surface area (TPSA) is 104 Å². The molecule has 9 heteroatoms. The van der Waals surface area contributed by atoms with Crippen LogP contribution in [0.1, 0.15) is 16.1 Å². The third kappa shape index (κ3) is 4.19. The number of aldehydes is 1. The molecule has 0 aliphatic rings. The van der Waals surface area contributed by atoms with Crippen LogP contribution < -0.4 is 5.32 Å². The smallest absolute Gasteiger partial charge is 0.243 e. The molecule has 1 N–H and O–H groups in total. The van der Waals surface area contributed by atoms with E-state index in [9.17, 15) is 9.59 Å². The maximum absolute atomic E-state index is 11.8. The molecule has 3 aromatic heterocycles. The van der Waals surface area contributed by atoms with E-state index < -0.39 is 0 Å². The summed E-state index contributed by atoms with van der Waals surface area (Å²) in [5, 5.41) is 12.7. The van der Waals surface area contributed by atoms with Gasteiger partial charge in [-0.25, -0.2) is 9.67 Å². The minimum Gasteiger partial charge on any atom is -0.383 e. The standard InChI is InChI=1S/C23H22N6O3/c1-3-21(31)25-13-20-22-19(17-12-26-28(14-17)10-11-32-2)8-9-24-23(22)29(27-20)18-6-4-16(15-30)5-7-18/h3-9,12,14-15H,1,10-11,13H2,2H3,(H,25,31). The molecule has 0 saturated heterocycles. The van der Waals surface area contributed by atoms with E-state index in [1.165, 1.54) is 6.08 Å². The number of benzene rings is 1. The molecule has 0 aliphatic heterocycles. The van der Waals surface area contributed by atoms with Crippen molar-refractivity contribution < 1.29 is 14.3 Å². The summed E-state index contributed by atoms with van der Waals surface area (Å²) in [6.45, 7) is 4.89. The van der Waals surface area contributed by atoms with Crippen LogP contribution in [-0.4, -0.2) is 50.5 Å². The van der Waals surface area contributed by atoms with Crippen molar-refractivity contribution in [3.8, 4) is 16.8 Å². The highest BCUT2D eigenvalue weighted by Crippen LogP contribution is 2.31. The number of pyridine rings is 1. The first-order valence-corrected chi connectivity index (χ1v) is 9.99. The molecule has 0 bridgehead atoms. The van der Waals surface area contributed by atoms with Crippen molar-refractivity contribution in [1.82, 2.24) is 29.9 Å². The summed E-state index contributed by atoms with van der Waals surface area (Å²) in [5.41, 5.74) is 4.41. The molecule has 162 valence electrons. The number of methoxy groups -OCH3 is 1. The van der Waals surface area contributed by atoms with Gasteiger partial charge in [-0.15, -0.1) is 0 Å². The summed E-state index contributed by atoms with van der Waals surface area (Å²) in [4.78, 5) is 27.4. The van der Waals surface area contributed by atoms with Crippen molar-refractivity contribution >= 4 is 23.2 Å². The number of amides is 1. The summed E-state index contributed by atoms with van der Waals surface area (Å²) in [7, 11) is 1.65. The largest absolute Gasteiger partial charge is 0.383 e. The molecule has 4 aromatic rings. The van der Waals surface area contributed by atoms with Crippen LogP contribution in [0.2, 0.25) is 0 Å². The number of aromatic nitrogens is 5. The average Bonchev–Trinajstić information content (AvgIpc) is 3.46. The third-order valence-electron chi connectivity index (χ3n) is 5.00. The van der Waals surface area contributed by atoms with Gasteiger partial charge in [0.15, 0.2) is 5.65 Å². The van der Waals surface area contributed by atoms with Crippen LogP contribution in [0.5, 0.6) is 0 Å². The van der Waals surface area contributed by atoms with Crippen molar-refractivity contribution in [1.29, 1.82) is 0 Å². The summed E-state index contributed by atoms with van der Waals surface area (Å²) < 4.78 is 8.65. The Kier molecular flexibility index (Phi) is 6.18. The fraction of sp³-hybridized carbons (Fsp3) is 0.174. The molecular formula is C23H22N6O3. The Hall–Kier alpha value is -4.11. The number of rotatable bonds is 9. The molecule has 1 amide bonds. The molecular weight excluding hydrogens is 408 g/mol. The zero-order valence-electron chi connectivity index (χ0n) is 17.6. The Morgan fingerprint density at radius 3 is 2.78 bits per heavy atom. The van der Waals surface area contributed by atoms with E-state index in [0.717, 1.165) is 28.5 Å². The van der Waals surface area contributed by atoms with Crippen molar-refractivity contribution in [3.05, 3.63) is 72.8 Å². The Balaban J connectivity index is 1.84. The summed E-state index contributed by atoms with van der Waals surface area (Å²) >= 11 is 0. The van der Waals surface area contributed by atoms with Gasteiger partial charge in [-0.05, 0) is 42.0 Å². The number of carbonyl (C=O) groups is 2. The predicted octanol–water partition coefficient (Wildman–Crippen LogP) is 2.55. The molecule has 4 rings (SSSR count). The lowest BCUT2D eigenvalue weighted by molar-refractivity contribution is -0.116. The zero-order chi connectivity index (χ0) is 22.5. The van der Waals surface area contributed by atoms with Gasteiger partial charge < -0.3 is 10.1 Å². The molecule has 0 aliphatic carbocycles. The van der Waals surface area contributed by atoms with E-state index in [4.69, 9.17) is 9.84 Å². The highest BCUT2D eigenvalue weighted by molar-refractivity contribution is 5.95. The number of hydrogen-bond donors (Lipinski definition) is 1. The van der Waals surface area contributed by atoms with E-state index in [1.807, 2.05) is 16.9 Å². The Morgan fingerprint density at radius 2 is 2.06 bits per heavy atom. The summed E-state index contributed by atoms with van der Waals surface area (Å²) in [6, 6.07) is 8.95. The second kappa shape index (κ2) is 9.36. The van der Waals surface area contributed by atoms with Gasteiger partial charge in [0.25, 0.3) is 0 Å². The summed E-state index contributed by atoms with van der Waals surface area (Å²) in [6.07, 6.45) is 7.45. The fourth-order valence-corrected chi connectivity index (χ4v) is 3.41. The highest BCUT2D eigenvalue weighted by atomic mass is 16.5. The third-order valence-corrected chi connectivity index (χ3v) is 5.00. The first kappa shape index (κ1) is 21.1. The lowest BCUT2D eigenvalue weighted by atomic mass is 10.1. The lowest BCUT2D eigenvalue weighted by Gasteiger charge is -2.05. The number of nitrogens with zero attached hydrogens (tertiary/aromatic N) is 5. The minimum absolute atomic E-state index is 0.206.